The number of hydrogen-bond acceptors (Lipinski definition) is 2. The molecule has 1 aliphatic heterocycles. The molecule has 1 heterocycles. The van der Waals surface area contributed by atoms with Crippen LogP contribution in [0, 0.1) is 11.8 Å². The van der Waals surface area contributed by atoms with Gasteiger partial charge >= 0.3 is 0 Å². The van der Waals surface area contributed by atoms with Crippen LogP contribution in [-0.2, 0) is 0 Å². The van der Waals surface area contributed by atoms with Gasteiger partial charge in [0, 0.05) is 18.3 Å². The zero-order chi connectivity index (χ0) is 12.8. The standard InChI is InChI=1S/C15H28N2S/c1-12(2)10-14-11-18-15(17-14)16-9-5-8-13-6-3-4-7-13/h12-14H,3-11H2,1-2H3,(H,16,17). The summed E-state index contributed by atoms with van der Waals surface area (Å²) >= 11 is 1.91. The fourth-order valence-corrected chi connectivity index (χ4v) is 4.10. The van der Waals surface area contributed by atoms with E-state index in [9.17, 15) is 0 Å². The third kappa shape index (κ3) is 4.83. The molecule has 1 unspecified atom stereocenters. The van der Waals surface area contributed by atoms with Gasteiger partial charge in [-0.05, 0) is 31.1 Å². The molecule has 0 radical (unpaired) electrons. The summed E-state index contributed by atoms with van der Waals surface area (Å²) in [5, 5.41) is 4.76. The first kappa shape index (κ1) is 14.2. The molecule has 2 nitrogen and oxygen atoms in total. The van der Waals surface area contributed by atoms with E-state index >= 15 is 0 Å². The fourth-order valence-electron chi connectivity index (χ4n) is 3.08. The van der Waals surface area contributed by atoms with Gasteiger partial charge < -0.3 is 5.32 Å². The third-order valence-corrected chi connectivity index (χ3v) is 5.09. The van der Waals surface area contributed by atoms with Gasteiger partial charge in [-0.25, -0.2) is 0 Å². The van der Waals surface area contributed by atoms with Crippen molar-refractivity contribution >= 4 is 16.9 Å². The van der Waals surface area contributed by atoms with E-state index in [0.29, 0.717) is 6.04 Å². The van der Waals surface area contributed by atoms with E-state index < -0.39 is 0 Å². The van der Waals surface area contributed by atoms with Crippen molar-refractivity contribution in [1.29, 1.82) is 0 Å². The minimum atomic E-state index is 0.656. The van der Waals surface area contributed by atoms with E-state index in [1.54, 1.807) is 0 Å². The van der Waals surface area contributed by atoms with Crippen LogP contribution in [0.2, 0.25) is 0 Å². The van der Waals surface area contributed by atoms with Crippen molar-refractivity contribution in [2.24, 2.45) is 16.8 Å². The molecule has 2 aliphatic rings. The zero-order valence-corrected chi connectivity index (χ0v) is 12.8. The first-order chi connectivity index (χ1) is 8.74. The third-order valence-electron chi connectivity index (χ3n) is 4.01. The average Bonchev–Trinajstić information content (AvgIpc) is 2.95. The molecule has 0 aromatic rings. The summed E-state index contributed by atoms with van der Waals surface area (Å²) in [7, 11) is 0. The molecule has 3 heteroatoms. The van der Waals surface area contributed by atoms with Crippen molar-refractivity contribution in [2.45, 2.75) is 64.8 Å². The molecule has 0 amide bonds. The maximum Gasteiger partial charge on any atom is 0.156 e. The Balaban J connectivity index is 1.58. The smallest absolute Gasteiger partial charge is 0.156 e. The van der Waals surface area contributed by atoms with Gasteiger partial charge in [-0.2, -0.15) is 0 Å². The lowest BCUT2D eigenvalue weighted by atomic mass is 10.0. The molecule has 0 aromatic heterocycles. The summed E-state index contributed by atoms with van der Waals surface area (Å²) in [6, 6.07) is 0.656. The van der Waals surface area contributed by atoms with Crippen molar-refractivity contribution < 1.29 is 0 Å². The van der Waals surface area contributed by atoms with Gasteiger partial charge in [-0.15, -0.1) is 0 Å². The largest absolute Gasteiger partial charge is 0.361 e. The lowest BCUT2D eigenvalue weighted by Crippen LogP contribution is -2.28. The molecule has 1 saturated heterocycles. The summed E-state index contributed by atoms with van der Waals surface area (Å²) in [4.78, 5) is 4.71. The highest BCUT2D eigenvalue weighted by atomic mass is 32.2. The second-order valence-electron chi connectivity index (χ2n) is 6.26. The second kappa shape index (κ2) is 7.42. The predicted molar refractivity (Wildman–Crippen MR) is 82.3 cm³/mol. The van der Waals surface area contributed by atoms with E-state index in [0.717, 1.165) is 18.4 Å². The van der Waals surface area contributed by atoms with Crippen molar-refractivity contribution in [1.82, 2.24) is 5.32 Å². The summed E-state index contributed by atoms with van der Waals surface area (Å²) in [5.74, 6) is 3.01. The van der Waals surface area contributed by atoms with Crippen molar-refractivity contribution in [3.8, 4) is 0 Å². The Morgan fingerprint density at radius 1 is 1.33 bits per heavy atom. The van der Waals surface area contributed by atoms with Gasteiger partial charge in [0.15, 0.2) is 5.17 Å². The topological polar surface area (TPSA) is 24.4 Å². The van der Waals surface area contributed by atoms with Crippen LogP contribution in [0.4, 0.5) is 0 Å². The minimum Gasteiger partial charge on any atom is -0.361 e. The van der Waals surface area contributed by atoms with Crippen LogP contribution in [0.1, 0.15) is 58.8 Å². The van der Waals surface area contributed by atoms with Gasteiger partial charge in [0.25, 0.3) is 0 Å². The molecule has 1 N–H and O–H groups in total. The van der Waals surface area contributed by atoms with Crippen LogP contribution in [-0.4, -0.2) is 23.5 Å². The van der Waals surface area contributed by atoms with Crippen LogP contribution < -0.4 is 5.32 Å². The minimum absolute atomic E-state index is 0.656. The maximum absolute atomic E-state index is 4.71. The molecule has 18 heavy (non-hydrogen) atoms. The van der Waals surface area contributed by atoms with E-state index in [2.05, 4.69) is 19.2 Å². The highest BCUT2D eigenvalue weighted by Gasteiger charge is 2.20. The van der Waals surface area contributed by atoms with Crippen LogP contribution in [0.15, 0.2) is 4.99 Å². The van der Waals surface area contributed by atoms with Crippen molar-refractivity contribution in [2.75, 3.05) is 12.3 Å². The van der Waals surface area contributed by atoms with Crippen LogP contribution >= 0.6 is 11.8 Å². The quantitative estimate of drug-likeness (QED) is 0.735. The highest BCUT2D eigenvalue weighted by molar-refractivity contribution is 8.14. The number of hydrogen-bond donors (Lipinski definition) is 1. The Kier molecular flexibility index (Phi) is 5.87. The molecular formula is C15H28N2S. The Morgan fingerprint density at radius 3 is 2.83 bits per heavy atom. The lowest BCUT2D eigenvalue weighted by Gasteiger charge is -2.12. The van der Waals surface area contributed by atoms with Crippen molar-refractivity contribution in [3.63, 3.8) is 0 Å². The second-order valence-corrected chi connectivity index (χ2v) is 7.27. The molecule has 1 aliphatic carbocycles. The average molecular weight is 268 g/mol. The Bertz CT molecular complexity index is 270. The van der Waals surface area contributed by atoms with Crippen LogP contribution in [0.5, 0.6) is 0 Å². The number of nitrogens with zero attached hydrogens (tertiary/aromatic N) is 1. The fraction of sp³-hybridized carbons (Fsp3) is 0.933. The normalized spacial score (nSPS) is 27.3. The predicted octanol–water partition coefficient (Wildman–Crippen LogP) is 4.06. The molecule has 0 spiro atoms. The molecular weight excluding hydrogens is 240 g/mol. The van der Waals surface area contributed by atoms with E-state index in [1.807, 2.05) is 11.8 Å². The molecule has 0 bridgehead atoms. The van der Waals surface area contributed by atoms with Gasteiger partial charge in [0.05, 0.1) is 0 Å². The van der Waals surface area contributed by atoms with Gasteiger partial charge in [-0.1, -0.05) is 51.3 Å². The van der Waals surface area contributed by atoms with Crippen LogP contribution in [0.3, 0.4) is 0 Å². The van der Waals surface area contributed by atoms with E-state index in [1.165, 1.54) is 55.9 Å². The molecule has 2 fully saturated rings. The maximum atomic E-state index is 4.71. The molecule has 104 valence electrons. The Labute approximate surface area is 116 Å². The summed E-state index contributed by atoms with van der Waals surface area (Å²) in [6.07, 6.45) is 9.83. The lowest BCUT2D eigenvalue weighted by molar-refractivity contribution is 0.487. The summed E-state index contributed by atoms with van der Waals surface area (Å²) in [5.41, 5.74) is 0. The van der Waals surface area contributed by atoms with E-state index in [4.69, 9.17) is 4.99 Å². The molecule has 1 atom stereocenters. The molecule has 1 saturated carbocycles. The molecule has 2 rings (SSSR count). The van der Waals surface area contributed by atoms with E-state index in [-0.39, 0.29) is 0 Å². The number of thioether (sulfide) groups is 1. The zero-order valence-electron chi connectivity index (χ0n) is 12.0. The SMILES string of the molecule is CC(C)CC1CSC(=NCCCC2CCCC2)N1. The number of aliphatic imine (C=N–C) groups is 1. The van der Waals surface area contributed by atoms with Crippen molar-refractivity contribution in [3.05, 3.63) is 0 Å². The highest BCUT2D eigenvalue weighted by Crippen LogP contribution is 2.28. The number of rotatable bonds is 6. The number of nitrogens with one attached hydrogen (secondary N) is 1. The Morgan fingerprint density at radius 2 is 2.11 bits per heavy atom. The van der Waals surface area contributed by atoms with Crippen LogP contribution in [0.25, 0.3) is 0 Å². The van der Waals surface area contributed by atoms with Gasteiger partial charge in [-0.3, -0.25) is 4.99 Å². The molecule has 0 aromatic carbocycles. The summed E-state index contributed by atoms with van der Waals surface area (Å²) < 4.78 is 0. The van der Waals surface area contributed by atoms with Gasteiger partial charge in [0.2, 0.25) is 0 Å². The van der Waals surface area contributed by atoms with Gasteiger partial charge in [0.1, 0.15) is 0 Å². The monoisotopic (exact) mass is 268 g/mol. The summed E-state index contributed by atoms with van der Waals surface area (Å²) in [6.45, 7) is 5.62. The number of amidine groups is 1. The first-order valence-corrected chi connectivity index (χ1v) is 8.66. The Hall–Kier alpha value is -0.180. The first-order valence-electron chi connectivity index (χ1n) is 7.68.